The molecule has 0 N–H and O–H groups in total. The molecule has 0 amide bonds. The Balaban J connectivity index is 1.90. The summed E-state index contributed by atoms with van der Waals surface area (Å²) in [4.78, 5) is 0. The van der Waals surface area contributed by atoms with Gasteiger partial charge in [-0.1, -0.05) is 153 Å². The lowest BCUT2D eigenvalue weighted by molar-refractivity contribution is 0.256. The van der Waals surface area contributed by atoms with Crippen molar-refractivity contribution in [2.45, 2.75) is 108 Å². The van der Waals surface area contributed by atoms with Gasteiger partial charge in [-0.3, -0.25) is 0 Å². The summed E-state index contributed by atoms with van der Waals surface area (Å²) in [7, 11) is 0. The first-order valence-corrected chi connectivity index (χ1v) is 15.7. The van der Waals surface area contributed by atoms with E-state index in [1.807, 2.05) is 0 Å². The van der Waals surface area contributed by atoms with Crippen LogP contribution in [0.3, 0.4) is 0 Å². The zero-order valence-electron chi connectivity index (χ0n) is 28.2. The van der Waals surface area contributed by atoms with E-state index in [9.17, 15) is 0 Å². The molecule has 41 heavy (non-hydrogen) atoms. The predicted octanol–water partition coefficient (Wildman–Crippen LogP) is 12.9. The second-order valence-corrected chi connectivity index (χ2v) is 13.7. The lowest BCUT2D eigenvalue weighted by Gasteiger charge is -2.39. The molecule has 0 fully saturated rings. The van der Waals surface area contributed by atoms with E-state index in [4.69, 9.17) is 0 Å². The minimum atomic E-state index is 0.249. The summed E-state index contributed by atoms with van der Waals surface area (Å²) in [6.07, 6.45) is 37.1. The topological polar surface area (TPSA) is 0 Å². The molecule has 0 radical (unpaired) electrons. The molecule has 0 heteroatoms. The molecule has 0 spiro atoms. The van der Waals surface area contributed by atoms with E-state index in [1.54, 1.807) is 11.1 Å². The maximum atomic E-state index is 2.39. The molecule has 0 heterocycles. The molecular formula is C41H58. The van der Waals surface area contributed by atoms with E-state index >= 15 is 0 Å². The van der Waals surface area contributed by atoms with Crippen molar-refractivity contribution in [3.05, 3.63) is 130 Å². The van der Waals surface area contributed by atoms with Crippen LogP contribution >= 0.6 is 0 Å². The van der Waals surface area contributed by atoms with E-state index in [1.165, 1.54) is 65.5 Å². The second kappa shape index (κ2) is 16.0. The van der Waals surface area contributed by atoms with Crippen molar-refractivity contribution in [1.29, 1.82) is 0 Å². The lowest BCUT2D eigenvalue weighted by Crippen LogP contribution is -2.28. The Kier molecular flexibility index (Phi) is 13.4. The van der Waals surface area contributed by atoms with Gasteiger partial charge in [0.1, 0.15) is 0 Å². The number of rotatable bonds is 10. The van der Waals surface area contributed by atoms with Crippen LogP contribution in [0.4, 0.5) is 0 Å². The maximum Gasteiger partial charge on any atom is -0.00784 e. The lowest BCUT2D eigenvalue weighted by atomic mass is 9.66. The fourth-order valence-corrected chi connectivity index (χ4v) is 5.88. The zero-order chi connectivity index (χ0) is 30.6. The van der Waals surface area contributed by atoms with Crippen LogP contribution in [0.5, 0.6) is 0 Å². The molecule has 0 aromatic carbocycles. The van der Waals surface area contributed by atoms with Crippen LogP contribution in [-0.4, -0.2) is 0 Å². The number of hydrogen-bond donors (Lipinski definition) is 0. The van der Waals surface area contributed by atoms with Crippen LogP contribution in [-0.2, 0) is 0 Å². The highest BCUT2D eigenvalue weighted by molar-refractivity contribution is 5.39. The second-order valence-electron chi connectivity index (χ2n) is 13.7. The van der Waals surface area contributed by atoms with Gasteiger partial charge >= 0.3 is 0 Å². The Bertz CT molecular complexity index is 1240. The van der Waals surface area contributed by atoms with Gasteiger partial charge in [0.2, 0.25) is 0 Å². The molecule has 1 atom stereocenters. The van der Waals surface area contributed by atoms with Crippen LogP contribution in [0.1, 0.15) is 108 Å². The summed E-state index contributed by atoms with van der Waals surface area (Å²) in [6, 6.07) is 0. The van der Waals surface area contributed by atoms with E-state index in [2.05, 4.69) is 161 Å². The van der Waals surface area contributed by atoms with Crippen molar-refractivity contribution in [2.75, 3.05) is 0 Å². The van der Waals surface area contributed by atoms with E-state index in [0.717, 1.165) is 5.92 Å². The van der Waals surface area contributed by atoms with Gasteiger partial charge in [0.25, 0.3) is 0 Å². The number of hydrogen-bond acceptors (Lipinski definition) is 0. The van der Waals surface area contributed by atoms with Crippen LogP contribution in [0.25, 0.3) is 0 Å². The fraction of sp³-hybridized carbons (Fsp3) is 0.463. The summed E-state index contributed by atoms with van der Waals surface area (Å²) in [5.74, 6) is 0.723. The molecule has 0 aromatic heterocycles. The third kappa shape index (κ3) is 11.1. The molecule has 0 aromatic rings. The minimum absolute atomic E-state index is 0.249. The van der Waals surface area contributed by atoms with E-state index in [0.29, 0.717) is 5.41 Å². The van der Waals surface area contributed by atoms with Crippen molar-refractivity contribution in [3.8, 4) is 0 Å². The van der Waals surface area contributed by atoms with E-state index in [-0.39, 0.29) is 5.41 Å². The summed E-state index contributed by atoms with van der Waals surface area (Å²) >= 11 is 0. The molecule has 0 saturated heterocycles. The maximum absolute atomic E-state index is 2.39. The Hall–Kier alpha value is -2.86. The third-order valence-corrected chi connectivity index (χ3v) is 9.17. The van der Waals surface area contributed by atoms with Gasteiger partial charge < -0.3 is 0 Å². The molecule has 0 bridgehead atoms. The summed E-state index contributed by atoms with van der Waals surface area (Å²) in [5, 5.41) is 0. The third-order valence-electron chi connectivity index (χ3n) is 9.17. The van der Waals surface area contributed by atoms with E-state index < -0.39 is 0 Å². The Labute approximate surface area is 254 Å². The van der Waals surface area contributed by atoms with Gasteiger partial charge in [0.05, 0.1) is 0 Å². The molecule has 1 unspecified atom stereocenters. The van der Waals surface area contributed by atoms with Crippen LogP contribution in [0.15, 0.2) is 130 Å². The Morgan fingerprint density at radius 2 is 1.05 bits per heavy atom. The van der Waals surface area contributed by atoms with Crippen molar-refractivity contribution in [3.63, 3.8) is 0 Å². The SMILES string of the molecule is CC1=C(/C=C/C(C)=C/C=C/C(C)=C/C=C/C=C(C)/C=C/C=C(C)/C=C/C2=C(C)CCC(C)C2(C)C)C(C)(C)CCC1. The molecule has 222 valence electrons. The van der Waals surface area contributed by atoms with Gasteiger partial charge in [-0.2, -0.15) is 0 Å². The van der Waals surface area contributed by atoms with Gasteiger partial charge in [0.15, 0.2) is 0 Å². The van der Waals surface area contributed by atoms with Crippen LogP contribution < -0.4 is 0 Å². The quantitative estimate of drug-likeness (QED) is 0.237. The van der Waals surface area contributed by atoms with Crippen LogP contribution in [0, 0.1) is 16.7 Å². The summed E-state index contributed by atoms with van der Waals surface area (Å²) < 4.78 is 0. The highest BCUT2D eigenvalue weighted by Crippen LogP contribution is 2.45. The Morgan fingerprint density at radius 1 is 0.610 bits per heavy atom. The largest absolute Gasteiger partial charge is 0.0696 e. The normalized spacial score (nSPS) is 23.5. The van der Waals surface area contributed by atoms with Crippen molar-refractivity contribution < 1.29 is 0 Å². The first kappa shape index (κ1) is 34.3. The molecule has 2 rings (SSSR count). The molecule has 2 aliphatic carbocycles. The molecule has 0 nitrogen and oxygen atoms in total. The summed E-state index contributed by atoms with van der Waals surface area (Å²) in [6.45, 7) is 25.2. The highest BCUT2D eigenvalue weighted by atomic mass is 14.4. The smallest absolute Gasteiger partial charge is 0.00784 e. The minimum Gasteiger partial charge on any atom is -0.0696 e. The average molecular weight is 551 g/mol. The number of allylic oxidation sites excluding steroid dienone is 22. The first-order chi connectivity index (χ1) is 19.2. The zero-order valence-corrected chi connectivity index (χ0v) is 28.2. The standard InChI is InChI=1S/C41H58/c1-31(19-14-21-33(3)24-28-38-35(5)23-16-30-40(38,8)9)17-12-13-18-32(2)20-15-22-34(4)25-29-39-36(6)26-27-37(7)41(39,10)11/h12-15,17-22,24-25,28-29,37H,16,23,26-27,30H2,1-11H3/b13-12+,19-14+,20-15+,28-24+,29-25+,31-17+,32-18+,33-21+,34-22+. The van der Waals surface area contributed by atoms with Gasteiger partial charge in [0, 0.05) is 0 Å². The van der Waals surface area contributed by atoms with Crippen molar-refractivity contribution in [2.24, 2.45) is 16.7 Å². The van der Waals surface area contributed by atoms with Gasteiger partial charge in [-0.15, -0.1) is 0 Å². The fourth-order valence-electron chi connectivity index (χ4n) is 5.88. The molecule has 0 aliphatic heterocycles. The highest BCUT2D eigenvalue weighted by Gasteiger charge is 2.33. The molecule has 2 aliphatic rings. The van der Waals surface area contributed by atoms with Gasteiger partial charge in [-0.25, -0.2) is 0 Å². The molecule has 0 saturated carbocycles. The Morgan fingerprint density at radius 3 is 1.56 bits per heavy atom. The van der Waals surface area contributed by atoms with Crippen molar-refractivity contribution in [1.82, 2.24) is 0 Å². The van der Waals surface area contributed by atoms with Gasteiger partial charge in [-0.05, 0) is 102 Å². The monoisotopic (exact) mass is 550 g/mol. The van der Waals surface area contributed by atoms with Crippen LogP contribution in [0.2, 0.25) is 0 Å². The average Bonchev–Trinajstić information content (AvgIpc) is 2.88. The molecular weight excluding hydrogens is 492 g/mol. The predicted molar refractivity (Wildman–Crippen MR) is 186 cm³/mol. The van der Waals surface area contributed by atoms with Crippen molar-refractivity contribution >= 4 is 0 Å². The summed E-state index contributed by atoms with van der Waals surface area (Å²) in [5.41, 5.74) is 11.7. The first-order valence-electron chi connectivity index (χ1n) is 15.7.